The van der Waals surface area contributed by atoms with Crippen LogP contribution in [0.25, 0.3) is 0 Å². The van der Waals surface area contributed by atoms with E-state index in [1.165, 1.54) is 96.1 Å². The third kappa shape index (κ3) is 17.5. The van der Waals surface area contributed by atoms with Crippen molar-refractivity contribution in [2.75, 3.05) is 0 Å². The van der Waals surface area contributed by atoms with Crippen molar-refractivity contribution in [3.8, 4) is 0 Å². The van der Waals surface area contributed by atoms with Gasteiger partial charge in [-0.2, -0.15) is 0 Å². The molecule has 49 heavy (non-hydrogen) atoms. The molecule has 7 heteroatoms. The molecule has 1 aliphatic carbocycles. The predicted octanol–water partition coefficient (Wildman–Crippen LogP) is 11.6. The van der Waals surface area contributed by atoms with Crippen LogP contribution >= 0.6 is 22.6 Å². The fraction of sp³-hybridized carbons (Fsp3) is 0.714. The first-order chi connectivity index (χ1) is 23.1. The maximum absolute atomic E-state index is 12.9. The second-order valence-corrected chi connectivity index (χ2v) is 30.1. The van der Waals surface area contributed by atoms with Crippen LogP contribution in [-0.2, 0) is 14.3 Å². The van der Waals surface area contributed by atoms with Crippen molar-refractivity contribution in [2.24, 2.45) is 23.2 Å². The minimum absolute atomic E-state index is 0.153. The Morgan fingerprint density at radius 2 is 1.57 bits per heavy atom. The Labute approximate surface area is 319 Å². The molecule has 1 rings (SSSR count). The van der Waals surface area contributed by atoms with Crippen LogP contribution in [0.5, 0.6) is 0 Å². The van der Waals surface area contributed by atoms with Crippen molar-refractivity contribution >= 4 is 52.8 Å². The molecular formula is C42H72INO4Sn. The van der Waals surface area contributed by atoms with Gasteiger partial charge in [-0.05, 0) is 40.0 Å². The Morgan fingerprint density at radius 1 is 0.980 bits per heavy atom. The summed E-state index contributed by atoms with van der Waals surface area (Å²) in [5.74, 6) is -0.708. The number of halogens is 1. The van der Waals surface area contributed by atoms with Crippen molar-refractivity contribution in [1.29, 1.82) is 0 Å². The van der Waals surface area contributed by atoms with Gasteiger partial charge in [0.1, 0.15) is 0 Å². The van der Waals surface area contributed by atoms with E-state index in [0.717, 1.165) is 3.58 Å². The number of ether oxygens (including phenoxy) is 1. The standard InChI is InChI=1S/C30H45INO4.3C4H9.Sn/c1-9-30(8)18-11-10-14-26(30)19-20(2)16-17-21(3)29(36-27(34)15-12-13-22(4)31)23(5)28(35)24(6)32-25(7)33;3*1-3-4-2;/h1,9,12-13,15-17,19,21,23-24,26,28-29,35H,10-11,14,18H2,2-8H3,(H,32,33);3*1,3-4H2,2H3;/b9-1?,15-12+,17-16+,20-19+,22-13-;;;;/t21-,23-,24-,26-,28+,29-,30-;;;;/m1..../s1. The zero-order valence-electron chi connectivity index (χ0n) is 32.8. The van der Waals surface area contributed by atoms with Crippen LogP contribution in [0.2, 0.25) is 13.3 Å². The summed E-state index contributed by atoms with van der Waals surface area (Å²) < 4.78 is 14.4. The summed E-state index contributed by atoms with van der Waals surface area (Å²) in [6, 6.07) is -0.474. The number of hydrogen-bond acceptors (Lipinski definition) is 4. The van der Waals surface area contributed by atoms with Crippen LogP contribution < -0.4 is 5.32 Å². The monoisotopic (exact) mass is 901 g/mol. The van der Waals surface area contributed by atoms with E-state index in [0.29, 0.717) is 5.92 Å². The first-order valence-corrected chi connectivity index (χ1v) is 28.1. The van der Waals surface area contributed by atoms with Gasteiger partial charge in [-0.15, -0.1) is 0 Å². The Kier molecular flexibility index (Phi) is 23.0. The van der Waals surface area contributed by atoms with Gasteiger partial charge in [0.25, 0.3) is 0 Å². The zero-order chi connectivity index (χ0) is 37.0. The van der Waals surface area contributed by atoms with E-state index in [-0.39, 0.29) is 17.2 Å². The SMILES string of the molecule is CCC[CH2][Sn](/[CH]=C/[C@]1(C)CCCC[C@@H]1/C=C(C)/C=C/[C@@H](C)[C@@H](OC(=O)/C=C/C=C(/C)I)[C@H](C)[C@H](O)[C@@H](C)NC(C)=O)([CH2]CCC)[CH2]CCC. The van der Waals surface area contributed by atoms with Crippen LogP contribution in [-0.4, -0.2) is 53.6 Å². The van der Waals surface area contributed by atoms with Crippen molar-refractivity contribution in [1.82, 2.24) is 5.32 Å². The Hall–Kier alpha value is -0.871. The number of rotatable bonds is 22. The van der Waals surface area contributed by atoms with E-state index in [1.807, 2.05) is 26.8 Å². The number of amides is 1. The van der Waals surface area contributed by atoms with E-state index < -0.39 is 48.5 Å². The van der Waals surface area contributed by atoms with Gasteiger partial charge in [0.15, 0.2) is 0 Å². The molecule has 0 aromatic carbocycles. The molecule has 7 atom stereocenters. The quantitative estimate of drug-likeness (QED) is 0.0373. The van der Waals surface area contributed by atoms with Crippen molar-refractivity contribution in [2.45, 2.75) is 165 Å². The van der Waals surface area contributed by atoms with Crippen LogP contribution in [0.1, 0.15) is 133 Å². The Morgan fingerprint density at radius 3 is 2.10 bits per heavy atom. The molecule has 1 aliphatic rings. The molecule has 1 saturated carbocycles. The molecule has 0 saturated heterocycles. The second kappa shape index (κ2) is 24.4. The topological polar surface area (TPSA) is 75.6 Å². The van der Waals surface area contributed by atoms with Gasteiger partial charge in [-0.25, -0.2) is 4.79 Å². The molecule has 0 aromatic heterocycles. The summed E-state index contributed by atoms with van der Waals surface area (Å²) in [4.78, 5) is 24.6. The number of nitrogens with one attached hydrogen (secondary N) is 1. The number of carbonyl (C=O) groups is 2. The predicted molar refractivity (Wildman–Crippen MR) is 221 cm³/mol. The Bertz CT molecular complexity index is 1120. The summed E-state index contributed by atoms with van der Waals surface area (Å²) in [6.07, 6.45) is 26.1. The van der Waals surface area contributed by atoms with Crippen molar-refractivity contribution in [3.63, 3.8) is 0 Å². The maximum atomic E-state index is 12.9. The van der Waals surface area contributed by atoms with E-state index >= 15 is 0 Å². The average molecular weight is 901 g/mol. The molecule has 0 spiro atoms. The average Bonchev–Trinajstić information content (AvgIpc) is 3.05. The normalized spacial score (nSPS) is 22.7. The number of aliphatic hydroxyl groups excluding tert-OH is 1. The molecule has 2 N–H and O–H groups in total. The second-order valence-electron chi connectivity index (χ2n) is 15.3. The van der Waals surface area contributed by atoms with Gasteiger partial charge in [0, 0.05) is 13.0 Å². The fourth-order valence-electron chi connectivity index (χ4n) is 7.41. The molecule has 1 amide bonds. The van der Waals surface area contributed by atoms with Crippen LogP contribution in [0.4, 0.5) is 0 Å². The number of aliphatic hydroxyl groups is 1. The molecule has 0 aliphatic heterocycles. The molecule has 0 unspecified atom stereocenters. The van der Waals surface area contributed by atoms with Crippen LogP contribution in [0.3, 0.4) is 0 Å². The van der Waals surface area contributed by atoms with Gasteiger partial charge in [0.05, 0.1) is 6.04 Å². The van der Waals surface area contributed by atoms with E-state index in [1.54, 1.807) is 13.0 Å². The molecule has 0 heterocycles. The zero-order valence-corrected chi connectivity index (χ0v) is 37.8. The summed E-state index contributed by atoms with van der Waals surface area (Å²) in [7, 11) is 0. The van der Waals surface area contributed by atoms with Gasteiger partial charge < -0.3 is 10.4 Å². The molecule has 0 bridgehead atoms. The minimum atomic E-state index is -2.39. The number of esters is 1. The molecular weight excluding hydrogens is 828 g/mol. The summed E-state index contributed by atoms with van der Waals surface area (Å²) in [6.45, 7) is 20.9. The Balaban J connectivity index is 3.34. The van der Waals surface area contributed by atoms with Crippen molar-refractivity contribution in [3.05, 3.63) is 55.8 Å². The van der Waals surface area contributed by atoms with E-state index in [4.69, 9.17) is 4.74 Å². The first kappa shape index (κ1) is 46.1. The van der Waals surface area contributed by atoms with E-state index in [9.17, 15) is 14.7 Å². The molecule has 5 nitrogen and oxygen atoms in total. The van der Waals surface area contributed by atoms with Gasteiger partial charge >= 0.3 is 224 Å². The third-order valence-electron chi connectivity index (χ3n) is 10.7. The molecule has 0 radical (unpaired) electrons. The van der Waals surface area contributed by atoms with Crippen molar-refractivity contribution < 1.29 is 19.4 Å². The van der Waals surface area contributed by atoms with Gasteiger partial charge in [0.2, 0.25) is 5.91 Å². The number of hydrogen-bond donors (Lipinski definition) is 2. The van der Waals surface area contributed by atoms with E-state index in [2.05, 4.69) is 90.9 Å². The number of unbranched alkanes of at least 4 members (excludes halogenated alkanes) is 3. The van der Waals surface area contributed by atoms with Gasteiger partial charge in [-0.3, -0.25) is 4.79 Å². The van der Waals surface area contributed by atoms with Gasteiger partial charge in [-0.1, -0.05) is 12.2 Å². The molecule has 0 aromatic rings. The molecule has 280 valence electrons. The fourth-order valence-corrected chi connectivity index (χ4v) is 22.3. The van der Waals surface area contributed by atoms with Crippen LogP contribution in [0, 0.1) is 23.2 Å². The number of carbonyl (C=O) groups excluding carboxylic acids is 2. The van der Waals surface area contributed by atoms with Crippen LogP contribution in [0.15, 0.2) is 55.8 Å². The molecule has 1 fully saturated rings. The summed E-state index contributed by atoms with van der Waals surface area (Å²) >= 11 is -0.195. The summed E-state index contributed by atoms with van der Waals surface area (Å²) in [5, 5.41) is 13.9. The number of allylic oxidation sites excluding steroid dienone is 7. The third-order valence-corrected chi connectivity index (χ3v) is 25.1. The first-order valence-electron chi connectivity index (χ1n) is 19.4. The summed E-state index contributed by atoms with van der Waals surface area (Å²) in [5.41, 5.74) is 1.41.